The maximum absolute atomic E-state index is 12.3. The predicted molar refractivity (Wildman–Crippen MR) is 91.8 cm³/mol. The molecule has 7 heteroatoms. The van der Waals surface area contributed by atoms with E-state index in [1.54, 1.807) is 16.8 Å². The maximum Gasteiger partial charge on any atom is 0.263 e. The number of amides is 2. The van der Waals surface area contributed by atoms with E-state index >= 15 is 0 Å². The van der Waals surface area contributed by atoms with Crippen LogP contribution in [-0.4, -0.2) is 41.3 Å². The Morgan fingerprint density at radius 2 is 2.17 bits per heavy atom. The first kappa shape index (κ1) is 16.1. The van der Waals surface area contributed by atoms with Gasteiger partial charge in [-0.3, -0.25) is 9.59 Å². The van der Waals surface area contributed by atoms with E-state index in [1.165, 1.54) is 11.3 Å². The van der Waals surface area contributed by atoms with Crippen LogP contribution in [0.1, 0.15) is 28.2 Å². The SMILES string of the molecule is O=C(NCCc1cscn1)C1CCN(C(=O)c2cccs2)CC1. The van der Waals surface area contributed by atoms with Crippen molar-refractivity contribution in [1.82, 2.24) is 15.2 Å². The van der Waals surface area contributed by atoms with Gasteiger partial charge in [-0.15, -0.1) is 22.7 Å². The van der Waals surface area contributed by atoms with E-state index in [2.05, 4.69) is 10.3 Å². The molecule has 0 spiro atoms. The van der Waals surface area contributed by atoms with Crippen LogP contribution in [0.15, 0.2) is 28.4 Å². The standard InChI is InChI=1S/C16H19N3O2S2/c20-15(17-6-3-13-10-22-11-18-13)12-4-7-19(8-5-12)16(21)14-2-1-9-23-14/h1-2,9-12H,3-8H2,(H,17,20). The number of carbonyl (C=O) groups is 2. The lowest BCUT2D eigenvalue weighted by Gasteiger charge is -2.31. The second kappa shape index (κ2) is 7.70. The summed E-state index contributed by atoms with van der Waals surface area (Å²) in [6.45, 7) is 1.93. The van der Waals surface area contributed by atoms with Crippen LogP contribution in [0.5, 0.6) is 0 Å². The Kier molecular flexibility index (Phi) is 5.40. The van der Waals surface area contributed by atoms with E-state index in [1.807, 2.05) is 27.8 Å². The highest BCUT2D eigenvalue weighted by atomic mass is 32.1. The molecule has 0 bridgehead atoms. The minimum atomic E-state index is 0.0119. The maximum atomic E-state index is 12.3. The molecule has 0 radical (unpaired) electrons. The van der Waals surface area contributed by atoms with Crippen LogP contribution in [0.3, 0.4) is 0 Å². The summed E-state index contributed by atoms with van der Waals surface area (Å²) < 4.78 is 0. The van der Waals surface area contributed by atoms with E-state index in [4.69, 9.17) is 0 Å². The zero-order chi connectivity index (χ0) is 16.1. The monoisotopic (exact) mass is 349 g/mol. The Balaban J connectivity index is 1.41. The Hall–Kier alpha value is -1.73. The lowest BCUT2D eigenvalue weighted by atomic mass is 9.95. The number of thiophene rings is 1. The molecular weight excluding hydrogens is 330 g/mol. The Morgan fingerprint density at radius 1 is 1.35 bits per heavy atom. The van der Waals surface area contributed by atoms with Gasteiger partial charge in [0.1, 0.15) is 0 Å². The van der Waals surface area contributed by atoms with Crippen molar-refractivity contribution < 1.29 is 9.59 Å². The molecular formula is C16H19N3O2S2. The molecule has 1 saturated heterocycles. The highest BCUT2D eigenvalue weighted by molar-refractivity contribution is 7.12. The lowest BCUT2D eigenvalue weighted by molar-refractivity contribution is -0.126. The van der Waals surface area contributed by atoms with Gasteiger partial charge in [-0.25, -0.2) is 4.98 Å². The molecule has 2 amide bonds. The molecule has 5 nitrogen and oxygen atoms in total. The summed E-state index contributed by atoms with van der Waals surface area (Å²) >= 11 is 3.03. The van der Waals surface area contributed by atoms with Gasteiger partial charge in [0.2, 0.25) is 5.91 Å². The van der Waals surface area contributed by atoms with Gasteiger partial charge in [0, 0.05) is 37.4 Å². The fraction of sp³-hybridized carbons (Fsp3) is 0.438. The third kappa shape index (κ3) is 4.17. The molecule has 0 aliphatic carbocycles. The molecule has 2 aromatic rings. The van der Waals surface area contributed by atoms with Crippen molar-refractivity contribution in [3.05, 3.63) is 39.0 Å². The molecule has 1 N–H and O–H groups in total. The van der Waals surface area contributed by atoms with Gasteiger partial charge in [-0.05, 0) is 24.3 Å². The van der Waals surface area contributed by atoms with Gasteiger partial charge in [0.15, 0.2) is 0 Å². The van der Waals surface area contributed by atoms with Crippen LogP contribution in [0.25, 0.3) is 0 Å². The Bertz CT molecular complexity index is 632. The highest BCUT2D eigenvalue weighted by Crippen LogP contribution is 2.20. The largest absolute Gasteiger partial charge is 0.355 e. The van der Waals surface area contributed by atoms with Crippen LogP contribution in [-0.2, 0) is 11.2 Å². The van der Waals surface area contributed by atoms with Crippen LogP contribution in [0.2, 0.25) is 0 Å². The number of rotatable bonds is 5. The molecule has 3 rings (SSSR count). The number of carbonyl (C=O) groups excluding carboxylic acids is 2. The van der Waals surface area contributed by atoms with Crippen molar-refractivity contribution in [2.24, 2.45) is 5.92 Å². The Labute approximate surface area is 143 Å². The molecule has 0 atom stereocenters. The van der Waals surface area contributed by atoms with E-state index in [9.17, 15) is 9.59 Å². The minimum Gasteiger partial charge on any atom is -0.355 e. The van der Waals surface area contributed by atoms with Gasteiger partial charge < -0.3 is 10.2 Å². The first-order valence-electron chi connectivity index (χ1n) is 7.71. The highest BCUT2D eigenvalue weighted by Gasteiger charge is 2.27. The van der Waals surface area contributed by atoms with Crippen LogP contribution in [0, 0.1) is 5.92 Å². The zero-order valence-corrected chi connectivity index (χ0v) is 14.4. The number of hydrogen-bond acceptors (Lipinski definition) is 5. The van der Waals surface area contributed by atoms with Gasteiger partial charge in [0.25, 0.3) is 5.91 Å². The van der Waals surface area contributed by atoms with E-state index in [0.29, 0.717) is 19.6 Å². The number of aromatic nitrogens is 1. The Morgan fingerprint density at radius 3 is 2.83 bits per heavy atom. The number of hydrogen-bond donors (Lipinski definition) is 1. The summed E-state index contributed by atoms with van der Waals surface area (Å²) in [6, 6.07) is 3.74. The first-order valence-corrected chi connectivity index (χ1v) is 9.54. The molecule has 1 aliphatic heterocycles. The second-order valence-electron chi connectivity index (χ2n) is 5.56. The molecule has 2 aromatic heterocycles. The number of nitrogens with zero attached hydrogens (tertiary/aromatic N) is 2. The average Bonchev–Trinajstić information content (AvgIpc) is 3.28. The van der Waals surface area contributed by atoms with Crippen LogP contribution >= 0.6 is 22.7 Å². The van der Waals surface area contributed by atoms with Crippen molar-refractivity contribution in [3.63, 3.8) is 0 Å². The van der Waals surface area contributed by atoms with Crippen molar-refractivity contribution >= 4 is 34.5 Å². The number of nitrogens with one attached hydrogen (secondary N) is 1. The summed E-state index contributed by atoms with van der Waals surface area (Å²) in [6.07, 6.45) is 2.24. The third-order valence-electron chi connectivity index (χ3n) is 4.05. The van der Waals surface area contributed by atoms with Crippen molar-refractivity contribution in [3.8, 4) is 0 Å². The van der Waals surface area contributed by atoms with Gasteiger partial charge in [-0.1, -0.05) is 6.07 Å². The van der Waals surface area contributed by atoms with Gasteiger partial charge in [-0.2, -0.15) is 0 Å². The number of piperidine rings is 1. The summed E-state index contributed by atoms with van der Waals surface area (Å²) in [7, 11) is 0. The number of likely N-dealkylation sites (tertiary alicyclic amines) is 1. The molecule has 0 saturated carbocycles. The van der Waals surface area contributed by atoms with E-state index in [0.717, 1.165) is 29.8 Å². The average molecular weight is 349 g/mol. The molecule has 0 unspecified atom stereocenters. The molecule has 3 heterocycles. The van der Waals surface area contributed by atoms with E-state index < -0.39 is 0 Å². The smallest absolute Gasteiger partial charge is 0.263 e. The predicted octanol–water partition coefficient (Wildman–Crippen LogP) is 2.42. The van der Waals surface area contributed by atoms with Crippen LogP contribution in [0.4, 0.5) is 0 Å². The molecule has 1 fully saturated rings. The van der Waals surface area contributed by atoms with Crippen molar-refractivity contribution in [2.75, 3.05) is 19.6 Å². The van der Waals surface area contributed by atoms with E-state index in [-0.39, 0.29) is 17.7 Å². The quantitative estimate of drug-likeness (QED) is 0.902. The third-order valence-corrected chi connectivity index (χ3v) is 5.54. The minimum absolute atomic E-state index is 0.0119. The topological polar surface area (TPSA) is 62.3 Å². The zero-order valence-electron chi connectivity index (χ0n) is 12.7. The van der Waals surface area contributed by atoms with Crippen LogP contribution < -0.4 is 5.32 Å². The lowest BCUT2D eigenvalue weighted by Crippen LogP contribution is -2.43. The van der Waals surface area contributed by atoms with Gasteiger partial charge in [0.05, 0.1) is 16.1 Å². The summed E-state index contributed by atoms with van der Waals surface area (Å²) in [5.74, 6) is 0.198. The summed E-state index contributed by atoms with van der Waals surface area (Å²) in [5, 5.41) is 6.90. The summed E-state index contributed by atoms with van der Waals surface area (Å²) in [4.78, 5) is 31.3. The first-order chi connectivity index (χ1) is 11.2. The van der Waals surface area contributed by atoms with Crippen molar-refractivity contribution in [1.29, 1.82) is 0 Å². The van der Waals surface area contributed by atoms with Crippen molar-refractivity contribution in [2.45, 2.75) is 19.3 Å². The summed E-state index contributed by atoms with van der Waals surface area (Å²) in [5.41, 5.74) is 2.82. The fourth-order valence-corrected chi connectivity index (χ4v) is 4.00. The van der Waals surface area contributed by atoms with Gasteiger partial charge >= 0.3 is 0 Å². The fourth-order valence-electron chi connectivity index (χ4n) is 2.72. The molecule has 0 aromatic carbocycles. The normalized spacial score (nSPS) is 15.6. The number of thiazole rings is 1. The molecule has 23 heavy (non-hydrogen) atoms. The second-order valence-corrected chi connectivity index (χ2v) is 7.23. The molecule has 122 valence electrons. The molecule has 1 aliphatic rings.